The third kappa shape index (κ3) is 3.49. The standard InChI is InChI=1S/C27H26FN3O/c1-15-12-19(10-11-29-15)25-16(2)24(30-17(25)3)14-22-26-21(18-6-4-7-20(28)13-18)8-5-9-23(26)31-27(22)32/h4-10,13-15,29-30H,11-12H2,1-3H3,(H,31,32). The zero-order valence-electron chi connectivity index (χ0n) is 18.5. The summed E-state index contributed by atoms with van der Waals surface area (Å²) in [5, 5.41) is 6.42. The van der Waals surface area contributed by atoms with Crippen LogP contribution in [0.25, 0.3) is 28.3 Å². The number of nitrogens with one attached hydrogen (secondary N) is 3. The first-order valence-electron chi connectivity index (χ1n) is 11.0. The van der Waals surface area contributed by atoms with Gasteiger partial charge in [0.1, 0.15) is 5.82 Å². The number of anilines is 1. The summed E-state index contributed by atoms with van der Waals surface area (Å²) in [4.78, 5) is 16.4. The number of amides is 1. The van der Waals surface area contributed by atoms with Gasteiger partial charge < -0.3 is 15.6 Å². The lowest BCUT2D eigenvalue weighted by molar-refractivity contribution is -0.110. The smallest absolute Gasteiger partial charge is 0.256 e. The number of fused-ring (bicyclic) bond motifs is 1. The molecule has 2 aromatic carbocycles. The molecule has 5 heteroatoms. The molecule has 3 N–H and O–H groups in total. The number of hydrogen-bond donors (Lipinski definition) is 3. The molecule has 1 amide bonds. The average molecular weight is 428 g/mol. The molecule has 3 aromatic rings. The van der Waals surface area contributed by atoms with Crippen molar-refractivity contribution >= 4 is 28.8 Å². The third-order valence-corrected chi connectivity index (χ3v) is 6.39. The number of carbonyl (C=O) groups is 1. The van der Waals surface area contributed by atoms with E-state index in [0.717, 1.165) is 52.3 Å². The number of benzene rings is 2. The van der Waals surface area contributed by atoms with Crippen LogP contribution in [0.2, 0.25) is 0 Å². The quantitative estimate of drug-likeness (QED) is 0.470. The second-order valence-corrected chi connectivity index (χ2v) is 8.66. The second-order valence-electron chi connectivity index (χ2n) is 8.66. The average Bonchev–Trinajstić information content (AvgIpc) is 3.23. The molecule has 4 nitrogen and oxygen atoms in total. The molecule has 1 aromatic heterocycles. The minimum absolute atomic E-state index is 0.147. The molecule has 3 heterocycles. The summed E-state index contributed by atoms with van der Waals surface area (Å²) in [7, 11) is 0. The summed E-state index contributed by atoms with van der Waals surface area (Å²) in [5.74, 6) is -0.445. The van der Waals surface area contributed by atoms with E-state index in [9.17, 15) is 9.18 Å². The van der Waals surface area contributed by atoms with Gasteiger partial charge in [-0.25, -0.2) is 4.39 Å². The molecule has 0 bridgehead atoms. The van der Waals surface area contributed by atoms with E-state index in [1.807, 2.05) is 30.3 Å². The first-order chi connectivity index (χ1) is 15.4. The molecule has 2 aliphatic rings. The predicted octanol–water partition coefficient (Wildman–Crippen LogP) is 5.70. The van der Waals surface area contributed by atoms with Gasteiger partial charge in [0.2, 0.25) is 0 Å². The summed E-state index contributed by atoms with van der Waals surface area (Å²) in [5.41, 5.74) is 9.48. The number of rotatable bonds is 3. The molecule has 162 valence electrons. The van der Waals surface area contributed by atoms with Crippen molar-refractivity contribution in [3.63, 3.8) is 0 Å². The Morgan fingerprint density at radius 1 is 1.09 bits per heavy atom. The van der Waals surface area contributed by atoms with Crippen LogP contribution in [0.5, 0.6) is 0 Å². The van der Waals surface area contributed by atoms with E-state index in [1.165, 1.54) is 23.3 Å². The van der Waals surface area contributed by atoms with Gasteiger partial charge in [-0.05, 0) is 73.7 Å². The highest BCUT2D eigenvalue weighted by atomic mass is 19.1. The Balaban J connectivity index is 1.63. The van der Waals surface area contributed by atoms with E-state index in [-0.39, 0.29) is 11.7 Å². The molecule has 0 fully saturated rings. The number of aromatic nitrogens is 1. The maximum absolute atomic E-state index is 13.9. The summed E-state index contributed by atoms with van der Waals surface area (Å²) < 4.78 is 13.9. The molecule has 0 radical (unpaired) electrons. The maximum Gasteiger partial charge on any atom is 0.256 e. The number of halogens is 1. The Kier molecular flexibility index (Phi) is 5.06. The van der Waals surface area contributed by atoms with Crippen molar-refractivity contribution in [2.45, 2.75) is 33.2 Å². The van der Waals surface area contributed by atoms with Crippen LogP contribution in [0, 0.1) is 19.7 Å². The van der Waals surface area contributed by atoms with Crippen LogP contribution in [0.15, 0.2) is 48.5 Å². The fraction of sp³-hybridized carbons (Fsp3) is 0.222. The molecule has 0 saturated heterocycles. The van der Waals surface area contributed by atoms with Crippen LogP contribution in [-0.2, 0) is 4.79 Å². The predicted molar refractivity (Wildman–Crippen MR) is 129 cm³/mol. The molecule has 0 aliphatic carbocycles. The Hall–Kier alpha value is -3.44. The van der Waals surface area contributed by atoms with Crippen molar-refractivity contribution in [3.05, 3.63) is 82.4 Å². The number of aromatic amines is 1. The van der Waals surface area contributed by atoms with Gasteiger partial charge in [-0.15, -0.1) is 0 Å². The van der Waals surface area contributed by atoms with Crippen molar-refractivity contribution in [1.29, 1.82) is 0 Å². The van der Waals surface area contributed by atoms with Crippen LogP contribution in [0.1, 0.15) is 41.4 Å². The molecule has 1 atom stereocenters. The normalized spacial score (nSPS) is 19.1. The molecule has 2 aliphatic heterocycles. The lowest BCUT2D eigenvalue weighted by Crippen LogP contribution is -2.30. The minimum atomic E-state index is -0.298. The van der Waals surface area contributed by atoms with E-state index < -0.39 is 0 Å². The first-order valence-corrected chi connectivity index (χ1v) is 11.0. The SMILES string of the molecule is Cc1[nH]c(C=C2C(=O)Nc3cccc(-c4cccc(F)c4)c32)c(C)c1C1=CCNC(C)C1. The first kappa shape index (κ1) is 20.5. The zero-order chi connectivity index (χ0) is 22.4. The monoisotopic (exact) mass is 427 g/mol. The van der Waals surface area contributed by atoms with Gasteiger partial charge in [-0.3, -0.25) is 4.79 Å². The highest BCUT2D eigenvalue weighted by molar-refractivity contribution is 6.36. The van der Waals surface area contributed by atoms with E-state index in [1.54, 1.807) is 6.07 Å². The lowest BCUT2D eigenvalue weighted by atomic mass is 9.92. The van der Waals surface area contributed by atoms with E-state index in [2.05, 4.69) is 42.5 Å². The van der Waals surface area contributed by atoms with Gasteiger partial charge in [-0.2, -0.15) is 0 Å². The fourth-order valence-electron chi connectivity index (χ4n) is 4.90. The van der Waals surface area contributed by atoms with Crippen molar-refractivity contribution in [2.75, 3.05) is 11.9 Å². The van der Waals surface area contributed by atoms with E-state index >= 15 is 0 Å². The summed E-state index contributed by atoms with van der Waals surface area (Å²) >= 11 is 0. The minimum Gasteiger partial charge on any atom is -0.358 e. The molecule has 0 spiro atoms. The van der Waals surface area contributed by atoms with Crippen molar-refractivity contribution in [2.24, 2.45) is 0 Å². The van der Waals surface area contributed by atoms with Crippen molar-refractivity contribution in [3.8, 4) is 11.1 Å². The molecule has 1 unspecified atom stereocenters. The van der Waals surface area contributed by atoms with Crippen LogP contribution < -0.4 is 10.6 Å². The third-order valence-electron chi connectivity index (χ3n) is 6.39. The van der Waals surface area contributed by atoms with Crippen LogP contribution in [0.3, 0.4) is 0 Å². The largest absolute Gasteiger partial charge is 0.358 e. The van der Waals surface area contributed by atoms with Crippen molar-refractivity contribution in [1.82, 2.24) is 10.3 Å². The van der Waals surface area contributed by atoms with Gasteiger partial charge in [0.05, 0.1) is 5.57 Å². The number of H-pyrrole nitrogens is 1. The lowest BCUT2D eigenvalue weighted by Gasteiger charge is -2.21. The van der Waals surface area contributed by atoms with Crippen LogP contribution in [0.4, 0.5) is 10.1 Å². The summed E-state index contributed by atoms with van der Waals surface area (Å²) in [6.07, 6.45) is 5.16. The van der Waals surface area contributed by atoms with Gasteiger partial charge >= 0.3 is 0 Å². The Morgan fingerprint density at radius 2 is 1.91 bits per heavy atom. The molecule has 32 heavy (non-hydrogen) atoms. The molecular weight excluding hydrogens is 401 g/mol. The number of aryl methyl sites for hydroxylation is 1. The Bertz CT molecular complexity index is 1300. The van der Waals surface area contributed by atoms with Gasteiger partial charge in [0.15, 0.2) is 0 Å². The Morgan fingerprint density at radius 3 is 2.69 bits per heavy atom. The van der Waals surface area contributed by atoms with Crippen molar-refractivity contribution < 1.29 is 9.18 Å². The summed E-state index contributed by atoms with van der Waals surface area (Å²) in [6, 6.07) is 12.6. The topological polar surface area (TPSA) is 56.9 Å². The molecule has 5 rings (SSSR count). The van der Waals surface area contributed by atoms with Crippen LogP contribution in [-0.4, -0.2) is 23.5 Å². The number of carbonyl (C=O) groups excluding carboxylic acids is 1. The number of hydrogen-bond acceptors (Lipinski definition) is 2. The van der Waals surface area contributed by atoms with Gasteiger partial charge in [-0.1, -0.05) is 30.3 Å². The van der Waals surface area contributed by atoms with Gasteiger partial charge in [0, 0.05) is 40.8 Å². The maximum atomic E-state index is 13.9. The van der Waals surface area contributed by atoms with Gasteiger partial charge in [0.25, 0.3) is 5.91 Å². The van der Waals surface area contributed by atoms with E-state index in [4.69, 9.17) is 0 Å². The summed E-state index contributed by atoms with van der Waals surface area (Å²) in [6.45, 7) is 7.24. The highest BCUT2D eigenvalue weighted by Gasteiger charge is 2.28. The Labute approximate surface area is 187 Å². The van der Waals surface area contributed by atoms with Crippen LogP contribution >= 0.6 is 0 Å². The zero-order valence-corrected chi connectivity index (χ0v) is 18.5. The second kappa shape index (κ2) is 7.92. The van der Waals surface area contributed by atoms with E-state index in [0.29, 0.717) is 11.6 Å². The molecular formula is C27H26FN3O. The fourth-order valence-corrected chi connectivity index (χ4v) is 4.90. The highest BCUT2D eigenvalue weighted by Crippen LogP contribution is 2.41. The molecule has 0 saturated carbocycles.